The number of rotatable bonds is 6. The van der Waals surface area contributed by atoms with Gasteiger partial charge in [-0.2, -0.15) is 0 Å². The second kappa shape index (κ2) is 10.8. The van der Waals surface area contributed by atoms with Crippen molar-refractivity contribution in [1.82, 2.24) is 19.3 Å². The van der Waals surface area contributed by atoms with Gasteiger partial charge < -0.3 is 10.6 Å². The summed E-state index contributed by atoms with van der Waals surface area (Å²) in [5.74, 6) is -1.06. The van der Waals surface area contributed by atoms with E-state index in [1.165, 1.54) is 30.3 Å². The van der Waals surface area contributed by atoms with Crippen LogP contribution in [0.15, 0.2) is 48.5 Å². The third-order valence-corrected chi connectivity index (χ3v) is 7.81. The number of hydrogen-bond acceptors (Lipinski definition) is 7. The molecule has 2 atom stereocenters. The molecule has 0 radical (unpaired) electrons. The zero-order valence-electron chi connectivity index (χ0n) is 18.5. The first-order valence-corrected chi connectivity index (χ1v) is 12.5. The van der Waals surface area contributed by atoms with Gasteiger partial charge in [0.1, 0.15) is 16.9 Å². The number of carbonyl (C=O) groups is 2. The highest BCUT2D eigenvalue weighted by Crippen LogP contribution is 2.28. The van der Waals surface area contributed by atoms with Crippen LogP contribution in [0.5, 0.6) is 0 Å². The molecule has 1 aliphatic rings. The molecule has 2 unspecified atom stereocenters. The summed E-state index contributed by atoms with van der Waals surface area (Å²) in [6, 6.07) is 12.8. The van der Waals surface area contributed by atoms with Crippen molar-refractivity contribution in [3.8, 4) is 10.6 Å². The van der Waals surface area contributed by atoms with Gasteiger partial charge in [0.05, 0.1) is 23.3 Å². The molecule has 0 bridgehead atoms. The molecule has 4 rings (SSSR count). The number of amides is 2. The summed E-state index contributed by atoms with van der Waals surface area (Å²) in [5, 5.41) is 6.54. The average molecular weight is 520 g/mol. The molecule has 34 heavy (non-hydrogen) atoms. The minimum Gasteiger partial charge on any atom is -0.350 e. The van der Waals surface area contributed by atoms with E-state index in [1.54, 1.807) is 22.7 Å². The SMILES string of the molecule is Cc1nc(-c2ccccc2)sc1CNC(=O)C1CC(C(=O)Nc2ccc(F)c(Cl)c2)N(C)SN1. The second-order valence-corrected chi connectivity index (χ2v) is 10.3. The van der Waals surface area contributed by atoms with Crippen LogP contribution in [-0.4, -0.2) is 40.2 Å². The van der Waals surface area contributed by atoms with Gasteiger partial charge in [-0.25, -0.2) is 18.4 Å². The van der Waals surface area contributed by atoms with Crippen molar-refractivity contribution >= 4 is 52.6 Å². The summed E-state index contributed by atoms with van der Waals surface area (Å²) in [4.78, 5) is 31.3. The maximum atomic E-state index is 13.4. The maximum absolute atomic E-state index is 13.4. The summed E-state index contributed by atoms with van der Waals surface area (Å²) in [6.45, 7) is 2.29. The highest BCUT2D eigenvalue weighted by atomic mass is 35.5. The molecule has 1 aromatic heterocycles. The number of carbonyl (C=O) groups excluding carboxylic acids is 2. The van der Waals surface area contributed by atoms with Crippen LogP contribution in [0.4, 0.5) is 10.1 Å². The van der Waals surface area contributed by atoms with Crippen LogP contribution < -0.4 is 15.4 Å². The molecule has 2 aromatic carbocycles. The highest BCUT2D eigenvalue weighted by Gasteiger charge is 2.35. The largest absolute Gasteiger partial charge is 0.350 e. The normalized spacial score (nSPS) is 18.5. The first kappa shape index (κ1) is 24.6. The Labute approximate surface area is 210 Å². The average Bonchev–Trinajstić information content (AvgIpc) is 3.21. The van der Waals surface area contributed by atoms with E-state index in [2.05, 4.69) is 20.3 Å². The van der Waals surface area contributed by atoms with Crippen molar-refractivity contribution in [2.24, 2.45) is 0 Å². The number of nitrogens with one attached hydrogen (secondary N) is 3. The number of likely N-dealkylation sites (N-methyl/N-ethyl adjacent to an activating group) is 1. The number of benzene rings is 2. The predicted octanol–water partition coefficient (Wildman–Crippen LogP) is 4.39. The quantitative estimate of drug-likeness (QED) is 0.419. The van der Waals surface area contributed by atoms with Crippen LogP contribution in [0.1, 0.15) is 17.0 Å². The van der Waals surface area contributed by atoms with Crippen molar-refractivity contribution < 1.29 is 14.0 Å². The van der Waals surface area contributed by atoms with Gasteiger partial charge in [-0.15, -0.1) is 11.3 Å². The number of thiazole rings is 1. The molecule has 0 saturated carbocycles. The number of aromatic nitrogens is 1. The first-order valence-electron chi connectivity index (χ1n) is 10.5. The van der Waals surface area contributed by atoms with Gasteiger partial charge in [0.15, 0.2) is 0 Å². The summed E-state index contributed by atoms with van der Waals surface area (Å²) < 4.78 is 18.2. The lowest BCUT2D eigenvalue weighted by molar-refractivity contribution is -0.124. The van der Waals surface area contributed by atoms with Crippen LogP contribution in [0, 0.1) is 12.7 Å². The zero-order valence-corrected chi connectivity index (χ0v) is 20.9. The first-order chi connectivity index (χ1) is 16.3. The van der Waals surface area contributed by atoms with Gasteiger partial charge in [0, 0.05) is 28.3 Å². The number of nitrogens with zero attached hydrogens (tertiary/aromatic N) is 2. The molecule has 2 heterocycles. The minimum atomic E-state index is -0.569. The summed E-state index contributed by atoms with van der Waals surface area (Å²) in [6.07, 6.45) is 0.271. The molecule has 178 valence electrons. The van der Waals surface area contributed by atoms with E-state index >= 15 is 0 Å². The Morgan fingerprint density at radius 2 is 2.00 bits per heavy atom. The monoisotopic (exact) mass is 519 g/mol. The summed E-state index contributed by atoms with van der Waals surface area (Å²) in [7, 11) is 1.76. The molecule has 1 fully saturated rings. The van der Waals surface area contributed by atoms with E-state index in [4.69, 9.17) is 11.6 Å². The minimum absolute atomic E-state index is 0.0723. The van der Waals surface area contributed by atoms with E-state index in [9.17, 15) is 14.0 Å². The Kier molecular flexibility index (Phi) is 7.84. The van der Waals surface area contributed by atoms with E-state index in [-0.39, 0.29) is 23.3 Å². The summed E-state index contributed by atoms with van der Waals surface area (Å²) in [5.41, 5.74) is 2.31. The van der Waals surface area contributed by atoms with E-state index in [0.717, 1.165) is 21.1 Å². The Morgan fingerprint density at radius 3 is 2.74 bits per heavy atom. The van der Waals surface area contributed by atoms with Crippen molar-refractivity contribution in [3.63, 3.8) is 0 Å². The van der Waals surface area contributed by atoms with Gasteiger partial charge in [0.2, 0.25) is 11.8 Å². The molecular formula is C23H23ClFN5O2S2. The van der Waals surface area contributed by atoms with Gasteiger partial charge >= 0.3 is 0 Å². The molecule has 3 aromatic rings. The van der Waals surface area contributed by atoms with Crippen molar-refractivity contribution in [1.29, 1.82) is 0 Å². The Hall–Kier alpha value is -2.50. The van der Waals surface area contributed by atoms with Crippen LogP contribution in [0.25, 0.3) is 10.6 Å². The fraction of sp³-hybridized carbons (Fsp3) is 0.261. The number of halogens is 2. The molecule has 7 nitrogen and oxygen atoms in total. The lowest BCUT2D eigenvalue weighted by atomic mass is 10.1. The lowest BCUT2D eigenvalue weighted by Gasteiger charge is -2.34. The van der Waals surface area contributed by atoms with Gasteiger partial charge in [-0.1, -0.05) is 41.9 Å². The Morgan fingerprint density at radius 1 is 1.24 bits per heavy atom. The fourth-order valence-corrected chi connectivity index (χ4v) is 5.44. The van der Waals surface area contributed by atoms with Crippen molar-refractivity contribution in [3.05, 3.63) is 69.9 Å². The molecule has 0 aliphatic carbocycles. The van der Waals surface area contributed by atoms with E-state index in [0.29, 0.717) is 12.2 Å². The lowest BCUT2D eigenvalue weighted by Crippen LogP contribution is -2.53. The van der Waals surface area contributed by atoms with Gasteiger partial charge in [0.25, 0.3) is 0 Å². The number of anilines is 1. The van der Waals surface area contributed by atoms with Crippen molar-refractivity contribution in [2.75, 3.05) is 12.4 Å². The molecule has 1 aliphatic heterocycles. The van der Waals surface area contributed by atoms with Crippen LogP contribution in [0.2, 0.25) is 5.02 Å². The summed E-state index contributed by atoms with van der Waals surface area (Å²) >= 11 is 8.55. The molecule has 11 heteroatoms. The van der Waals surface area contributed by atoms with Gasteiger partial charge in [-0.3, -0.25) is 9.59 Å². The predicted molar refractivity (Wildman–Crippen MR) is 135 cm³/mol. The standard InChI is InChI=1S/C23H23ClFN5O2S2/c1-13-20(33-23(27-13)14-6-4-3-5-7-14)12-26-21(31)18-11-19(30(2)34-29-18)22(32)28-15-8-9-17(25)16(24)10-15/h3-10,18-19,29H,11-12H2,1-2H3,(H,26,31)(H,28,32). The Balaban J connectivity index is 1.36. The van der Waals surface area contributed by atoms with Crippen LogP contribution in [-0.2, 0) is 16.1 Å². The van der Waals surface area contributed by atoms with E-state index in [1.807, 2.05) is 37.3 Å². The van der Waals surface area contributed by atoms with Crippen molar-refractivity contribution in [2.45, 2.75) is 32.0 Å². The van der Waals surface area contributed by atoms with Crippen LogP contribution >= 0.6 is 35.1 Å². The van der Waals surface area contributed by atoms with Crippen LogP contribution in [0.3, 0.4) is 0 Å². The highest BCUT2D eigenvalue weighted by molar-refractivity contribution is 7.95. The number of aryl methyl sites for hydroxylation is 1. The fourth-order valence-electron chi connectivity index (χ4n) is 3.45. The topological polar surface area (TPSA) is 86.4 Å². The third-order valence-electron chi connectivity index (χ3n) is 5.38. The molecule has 2 amide bonds. The van der Waals surface area contributed by atoms with E-state index < -0.39 is 17.9 Å². The molecule has 0 spiro atoms. The second-order valence-electron chi connectivity index (χ2n) is 7.79. The Bertz CT molecular complexity index is 1190. The smallest absolute Gasteiger partial charge is 0.242 e. The third kappa shape index (κ3) is 5.76. The molecular weight excluding hydrogens is 497 g/mol. The molecule has 3 N–H and O–H groups in total. The maximum Gasteiger partial charge on any atom is 0.242 e. The number of hydrogen-bond donors (Lipinski definition) is 3. The van der Waals surface area contributed by atoms with Gasteiger partial charge in [-0.05, 0) is 38.6 Å². The molecule has 1 saturated heterocycles. The zero-order chi connectivity index (χ0) is 24.2.